The Morgan fingerprint density at radius 2 is 2.05 bits per heavy atom. The predicted octanol–water partition coefficient (Wildman–Crippen LogP) is 3.65. The Morgan fingerprint density at radius 3 is 2.68 bits per heavy atom. The number of nitrogens with zero attached hydrogens (tertiary/aromatic N) is 1. The molecule has 0 aliphatic carbocycles. The van der Waals surface area contributed by atoms with E-state index in [4.69, 9.17) is 10.5 Å². The second-order valence-electron chi connectivity index (χ2n) is 4.19. The first-order valence-electron chi connectivity index (χ1n) is 6.27. The minimum atomic E-state index is 0.0188. The lowest BCUT2D eigenvalue weighted by Crippen LogP contribution is -2.10. The average Bonchev–Trinajstić information content (AvgIpc) is 2.48. The molecule has 2 rings (SSSR count). The quantitative estimate of drug-likeness (QED) is 0.904. The number of hydrogen-bond donors (Lipinski definition) is 1. The highest BCUT2D eigenvalue weighted by atomic mass is 32.2. The highest BCUT2D eigenvalue weighted by Crippen LogP contribution is 2.34. The smallest absolute Gasteiger partial charge is 0.132 e. The van der Waals surface area contributed by atoms with Gasteiger partial charge in [0.25, 0.3) is 0 Å². The minimum Gasteiger partial charge on any atom is -0.496 e. The van der Waals surface area contributed by atoms with Gasteiger partial charge in [-0.2, -0.15) is 0 Å². The Labute approximate surface area is 118 Å². The van der Waals surface area contributed by atoms with E-state index >= 15 is 0 Å². The number of methoxy groups -OCH3 is 1. The number of para-hydroxylation sites is 1. The molecule has 0 spiro atoms. The van der Waals surface area contributed by atoms with Crippen LogP contribution in [0, 0.1) is 0 Å². The molecule has 4 heteroatoms. The number of aromatic nitrogens is 1. The van der Waals surface area contributed by atoms with Gasteiger partial charge in [0.15, 0.2) is 0 Å². The molecule has 2 aromatic rings. The van der Waals surface area contributed by atoms with Gasteiger partial charge in [-0.3, -0.25) is 4.98 Å². The van der Waals surface area contributed by atoms with Crippen LogP contribution in [0.15, 0.2) is 52.4 Å². The van der Waals surface area contributed by atoms with E-state index in [0.717, 1.165) is 27.7 Å². The fraction of sp³-hybridized carbons (Fsp3) is 0.267. The van der Waals surface area contributed by atoms with Crippen LogP contribution >= 0.6 is 11.8 Å². The fourth-order valence-corrected chi connectivity index (χ4v) is 2.60. The molecule has 1 atom stereocenters. The first-order chi connectivity index (χ1) is 9.24. The Hall–Kier alpha value is -1.52. The SMILES string of the molecule is CC[C@H](N)c1ccc(Sc2ccccc2OC)cn1. The van der Waals surface area contributed by atoms with E-state index in [2.05, 4.69) is 18.0 Å². The standard InChI is InChI=1S/C15H18N2OS/c1-3-12(16)13-9-8-11(10-17-13)19-15-7-5-4-6-14(15)18-2/h4-10,12H,3,16H2,1-2H3/t12-/m0/s1. The zero-order chi connectivity index (χ0) is 13.7. The van der Waals surface area contributed by atoms with Crippen molar-refractivity contribution in [3.63, 3.8) is 0 Å². The molecule has 100 valence electrons. The minimum absolute atomic E-state index is 0.0188. The van der Waals surface area contributed by atoms with Gasteiger partial charge in [-0.15, -0.1) is 0 Å². The fourth-order valence-electron chi connectivity index (χ4n) is 1.71. The summed E-state index contributed by atoms with van der Waals surface area (Å²) in [4.78, 5) is 6.58. The molecule has 0 aliphatic heterocycles. The van der Waals surface area contributed by atoms with Gasteiger partial charge in [-0.25, -0.2) is 0 Å². The Morgan fingerprint density at radius 1 is 1.26 bits per heavy atom. The summed E-state index contributed by atoms with van der Waals surface area (Å²) in [7, 11) is 1.68. The topological polar surface area (TPSA) is 48.1 Å². The molecule has 0 radical (unpaired) electrons. The van der Waals surface area contributed by atoms with E-state index in [9.17, 15) is 0 Å². The van der Waals surface area contributed by atoms with Gasteiger partial charge in [0, 0.05) is 17.1 Å². The summed E-state index contributed by atoms with van der Waals surface area (Å²) in [6.45, 7) is 2.06. The van der Waals surface area contributed by atoms with Gasteiger partial charge in [0.2, 0.25) is 0 Å². The van der Waals surface area contributed by atoms with E-state index in [0.29, 0.717) is 0 Å². The van der Waals surface area contributed by atoms with Crippen molar-refractivity contribution in [2.45, 2.75) is 29.2 Å². The van der Waals surface area contributed by atoms with Crippen molar-refractivity contribution in [1.82, 2.24) is 4.98 Å². The van der Waals surface area contributed by atoms with Gasteiger partial charge in [-0.05, 0) is 30.7 Å². The van der Waals surface area contributed by atoms with Crippen LogP contribution in [0.2, 0.25) is 0 Å². The van der Waals surface area contributed by atoms with Crippen molar-refractivity contribution in [2.24, 2.45) is 5.73 Å². The summed E-state index contributed by atoms with van der Waals surface area (Å²) >= 11 is 1.64. The largest absolute Gasteiger partial charge is 0.496 e. The maximum Gasteiger partial charge on any atom is 0.132 e. The zero-order valence-corrected chi connectivity index (χ0v) is 12.0. The van der Waals surface area contributed by atoms with Crippen molar-refractivity contribution in [3.05, 3.63) is 48.3 Å². The van der Waals surface area contributed by atoms with Gasteiger partial charge >= 0.3 is 0 Å². The first kappa shape index (κ1) is 13.9. The number of ether oxygens (including phenoxy) is 1. The summed E-state index contributed by atoms with van der Waals surface area (Å²) < 4.78 is 5.34. The first-order valence-corrected chi connectivity index (χ1v) is 7.08. The number of hydrogen-bond acceptors (Lipinski definition) is 4. The van der Waals surface area contributed by atoms with Crippen LogP contribution in [0.1, 0.15) is 25.1 Å². The number of nitrogens with two attached hydrogens (primary N) is 1. The van der Waals surface area contributed by atoms with Gasteiger partial charge in [0.1, 0.15) is 5.75 Å². The van der Waals surface area contributed by atoms with Crippen LogP contribution in [0.5, 0.6) is 5.75 Å². The number of benzene rings is 1. The zero-order valence-electron chi connectivity index (χ0n) is 11.2. The molecule has 0 saturated carbocycles. The molecule has 1 aromatic heterocycles. The van der Waals surface area contributed by atoms with Crippen LogP contribution in [-0.4, -0.2) is 12.1 Å². The molecular formula is C15H18N2OS. The molecule has 1 heterocycles. The van der Waals surface area contributed by atoms with Crippen molar-refractivity contribution in [2.75, 3.05) is 7.11 Å². The monoisotopic (exact) mass is 274 g/mol. The second kappa shape index (κ2) is 6.59. The highest BCUT2D eigenvalue weighted by Gasteiger charge is 2.07. The number of pyridine rings is 1. The molecule has 0 saturated heterocycles. The highest BCUT2D eigenvalue weighted by molar-refractivity contribution is 7.99. The molecule has 0 fully saturated rings. The molecule has 19 heavy (non-hydrogen) atoms. The molecule has 3 nitrogen and oxygen atoms in total. The van der Waals surface area contributed by atoms with Gasteiger partial charge in [0.05, 0.1) is 17.7 Å². The van der Waals surface area contributed by atoms with Crippen molar-refractivity contribution in [3.8, 4) is 5.75 Å². The summed E-state index contributed by atoms with van der Waals surface area (Å²) in [5, 5.41) is 0. The van der Waals surface area contributed by atoms with Crippen LogP contribution in [0.25, 0.3) is 0 Å². The lowest BCUT2D eigenvalue weighted by atomic mass is 10.1. The molecule has 0 amide bonds. The van der Waals surface area contributed by atoms with Crippen molar-refractivity contribution >= 4 is 11.8 Å². The third-order valence-corrected chi connectivity index (χ3v) is 3.91. The molecule has 0 aliphatic rings. The maximum absolute atomic E-state index is 5.95. The van der Waals surface area contributed by atoms with Crippen LogP contribution in [0.4, 0.5) is 0 Å². The van der Waals surface area contributed by atoms with E-state index < -0.39 is 0 Å². The maximum atomic E-state index is 5.95. The molecule has 0 bridgehead atoms. The average molecular weight is 274 g/mol. The molecule has 0 unspecified atom stereocenters. The Balaban J connectivity index is 2.15. The van der Waals surface area contributed by atoms with Crippen LogP contribution in [0.3, 0.4) is 0 Å². The van der Waals surface area contributed by atoms with E-state index in [1.807, 2.05) is 36.5 Å². The van der Waals surface area contributed by atoms with E-state index in [-0.39, 0.29) is 6.04 Å². The summed E-state index contributed by atoms with van der Waals surface area (Å²) in [6.07, 6.45) is 2.76. The van der Waals surface area contributed by atoms with Gasteiger partial charge in [-0.1, -0.05) is 30.8 Å². The summed E-state index contributed by atoms with van der Waals surface area (Å²) in [6, 6.07) is 12.0. The van der Waals surface area contributed by atoms with Crippen molar-refractivity contribution in [1.29, 1.82) is 0 Å². The number of rotatable bonds is 5. The lowest BCUT2D eigenvalue weighted by molar-refractivity contribution is 0.405. The van der Waals surface area contributed by atoms with E-state index in [1.165, 1.54) is 0 Å². The summed E-state index contributed by atoms with van der Waals surface area (Å²) in [5.74, 6) is 0.877. The normalized spacial score (nSPS) is 12.2. The summed E-state index contributed by atoms with van der Waals surface area (Å²) in [5.41, 5.74) is 6.89. The molecule has 2 N–H and O–H groups in total. The molecule has 1 aromatic carbocycles. The lowest BCUT2D eigenvalue weighted by Gasteiger charge is -2.10. The van der Waals surface area contributed by atoms with E-state index in [1.54, 1.807) is 18.9 Å². The van der Waals surface area contributed by atoms with Crippen molar-refractivity contribution < 1.29 is 4.74 Å². The third-order valence-electron chi connectivity index (χ3n) is 2.88. The van der Waals surface area contributed by atoms with Crippen LogP contribution < -0.4 is 10.5 Å². The van der Waals surface area contributed by atoms with Crippen LogP contribution in [-0.2, 0) is 0 Å². The third kappa shape index (κ3) is 3.49. The second-order valence-corrected chi connectivity index (χ2v) is 5.30. The van der Waals surface area contributed by atoms with Gasteiger partial charge < -0.3 is 10.5 Å². The Kier molecular flexibility index (Phi) is 4.82. The molecular weight excluding hydrogens is 256 g/mol. The Bertz CT molecular complexity index is 528. The predicted molar refractivity (Wildman–Crippen MR) is 78.6 cm³/mol.